The number of thiazole rings is 1. The number of anilines is 2. The van der Waals surface area contributed by atoms with Crippen LogP contribution in [0.15, 0.2) is 24.3 Å². The molecule has 0 bridgehead atoms. The van der Waals surface area contributed by atoms with E-state index in [1.807, 2.05) is 7.05 Å². The van der Waals surface area contributed by atoms with Gasteiger partial charge >= 0.3 is 5.97 Å². The van der Waals surface area contributed by atoms with E-state index < -0.39 is 5.97 Å². The van der Waals surface area contributed by atoms with Crippen LogP contribution in [0.2, 0.25) is 0 Å². The molecule has 5 nitrogen and oxygen atoms in total. The van der Waals surface area contributed by atoms with Gasteiger partial charge in [-0.25, -0.2) is 9.78 Å². The van der Waals surface area contributed by atoms with Crippen LogP contribution in [0.25, 0.3) is 0 Å². The molecule has 6 heteroatoms. The SMILES string of the molecule is Cc1sc(N(C)c2ccc(C#N)cc2)nc1C(=O)O. The molecule has 0 fully saturated rings. The van der Waals surface area contributed by atoms with Crippen LogP contribution in [-0.2, 0) is 0 Å². The number of carboxylic acids is 1. The Morgan fingerprint density at radius 3 is 2.53 bits per heavy atom. The maximum Gasteiger partial charge on any atom is 0.355 e. The van der Waals surface area contributed by atoms with Crippen LogP contribution < -0.4 is 4.90 Å². The Morgan fingerprint density at radius 2 is 2.05 bits per heavy atom. The van der Waals surface area contributed by atoms with Crippen LogP contribution in [0.5, 0.6) is 0 Å². The largest absolute Gasteiger partial charge is 0.476 e. The first-order chi connectivity index (χ1) is 9.02. The summed E-state index contributed by atoms with van der Waals surface area (Å²) in [6, 6.07) is 9.08. The predicted molar refractivity (Wildman–Crippen MR) is 73.0 cm³/mol. The molecule has 0 aliphatic rings. The number of hydrogen-bond acceptors (Lipinski definition) is 5. The van der Waals surface area contributed by atoms with Crippen molar-refractivity contribution in [3.05, 3.63) is 40.4 Å². The van der Waals surface area contributed by atoms with E-state index in [9.17, 15) is 4.79 Å². The third kappa shape index (κ3) is 2.56. The predicted octanol–water partition coefficient (Wildman–Crippen LogP) is 2.79. The summed E-state index contributed by atoms with van der Waals surface area (Å²) in [5.74, 6) is -1.02. The number of benzene rings is 1. The Morgan fingerprint density at radius 1 is 1.42 bits per heavy atom. The summed E-state index contributed by atoms with van der Waals surface area (Å²) in [4.78, 5) is 17.5. The van der Waals surface area contributed by atoms with Crippen molar-refractivity contribution in [1.29, 1.82) is 5.26 Å². The molecular weight excluding hydrogens is 262 g/mol. The van der Waals surface area contributed by atoms with Crippen LogP contribution in [0.4, 0.5) is 10.8 Å². The normalized spacial score (nSPS) is 9.95. The Labute approximate surface area is 114 Å². The van der Waals surface area contributed by atoms with Gasteiger partial charge in [0, 0.05) is 17.6 Å². The highest BCUT2D eigenvalue weighted by molar-refractivity contribution is 7.15. The molecule has 0 saturated carbocycles. The second kappa shape index (κ2) is 5.08. The monoisotopic (exact) mass is 273 g/mol. The van der Waals surface area contributed by atoms with Crippen molar-refractivity contribution in [3.63, 3.8) is 0 Å². The summed E-state index contributed by atoms with van der Waals surface area (Å²) in [5.41, 5.74) is 1.52. The van der Waals surface area contributed by atoms with Gasteiger partial charge in [0.2, 0.25) is 0 Å². The Bertz CT molecular complexity index is 656. The molecule has 0 spiro atoms. The van der Waals surface area contributed by atoms with E-state index in [2.05, 4.69) is 11.1 Å². The summed E-state index contributed by atoms with van der Waals surface area (Å²) >= 11 is 1.32. The molecule has 0 unspecified atom stereocenters. The minimum atomic E-state index is -1.02. The molecule has 1 aromatic heterocycles. The molecule has 0 aliphatic heterocycles. The topological polar surface area (TPSA) is 77.2 Å². The number of aryl methyl sites for hydroxylation is 1. The van der Waals surface area contributed by atoms with Crippen molar-refractivity contribution in [3.8, 4) is 6.07 Å². The van der Waals surface area contributed by atoms with Crippen LogP contribution in [0, 0.1) is 18.3 Å². The molecule has 1 N–H and O–H groups in total. The molecule has 1 heterocycles. The van der Waals surface area contributed by atoms with Crippen molar-refractivity contribution >= 4 is 28.1 Å². The number of hydrogen-bond donors (Lipinski definition) is 1. The van der Waals surface area contributed by atoms with Crippen LogP contribution in [-0.4, -0.2) is 23.1 Å². The van der Waals surface area contributed by atoms with E-state index >= 15 is 0 Å². The lowest BCUT2D eigenvalue weighted by Crippen LogP contribution is -2.09. The number of nitriles is 1. The molecule has 2 aromatic rings. The van der Waals surface area contributed by atoms with Gasteiger partial charge in [-0.3, -0.25) is 0 Å². The summed E-state index contributed by atoms with van der Waals surface area (Å²) < 4.78 is 0. The quantitative estimate of drug-likeness (QED) is 0.930. The van der Waals surface area contributed by atoms with Gasteiger partial charge in [0.1, 0.15) is 0 Å². The molecule has 19 heavy (non-hydrogen) atoms. The van der Waals surface area contributed by atoms with Crippen molar-refractivity contribution in [2.45, 2.75) is 6.92 Å². The molecule has 1 aromatic carbocycles. The molecule has 0 aliphatic carbocycles. The molecule has 96 valence electrons. The first-order valence-corrected chi connectivity index (χ1v) is 6.29. The van der Waals surface area contributed by atoms with Crippen molar-refractivity contribution in [2.24, 2.45) is 0 Å². The smallest absolute Gasteiger partial charge is 0.355 e. The lowest BCUT2D eigenvalue weighted by molar-refractivity contribution is 0.0690. The Balaban J connectivity index is 2.33. The Kier molecular flexibility index (Phi) is 3.49. The van der Waals surface area contributed by atoms with Gasteiger partial charge in [-0.05, 0) is 31.2 Å². The number of carboxylic acid groups (broad SMARTS) is 1. The third-order valence-electron chi connectivity index (χ3n) is 2.66. The summed E-state index contributed by atoms with van der Waals surface area (Å²) in [6.07, 6.45) is 0. The lowest BCUT2D eigenvalue weighted by Gasteiger charge is -2.15. The zero-order valence-electron chi connectivity index (χ0n) is 10.4. The van der Waals surface area contributed by atoms with E-state index in [4.69, 9.17) is 10.4 Å². The highest BCUT2D eigenvalue weighted by atomic mass is 32.1. The number of aromatic nitrogens is 1. The average molecular weight is 273 g/mol. The number of carbonyl (C=O) groups is 1. The first-order valence-electron chi connectivity index (χ1n) is 5.47. The standard InChI is InChI=1S/C13H11N3O2S/c1-8-11(12(17)18)15-13(19-8)16(2)10-5-3-9(7-14)4-6-10/h3-6H,1-2H3,(H,17,18). The minimum absolute atomic E-state index is 0.0838. The average Bonchev–Trinajstić information content (AvgIpc) is 2.80. The second-order valence-electron chi connectivity index (χ2n) is 3.92. The molecule has 0 radical (unpaired) electrons. The first kappa shape index (κ1) is 13.1. The van der Waals surface area contributed by atoms with Gasteiger partial charge in [0.15, 0.2) is 10.8 Å². The fraction of sp³-hybridized carbons (Fsp3) is 0.154. The van der Waals surface area contributed by atoms with E-state index in [0.29, 0.717) is 15.6 Å². The third-order valence-corrected chi connectivity index (χ3v) is 3.71. The second-order valence-corrected chi connectivity index (χ2v) is 5.11. The fourth-order valence-electron chi connectivity index (χ4n) is 1.59. The highest BCUT2D eigenvalue weighted by Crippen LogP contribution is 2.30. The lowest BCUT2D eigenvalue weighted by atomic mass is 10.2. The van der Waals surface area contributed by atoms with E-state index in [-0.39, 0.29) is 5.69 Å². The minimum Gasteiger partial charge on any atom is -0.476 e. The highest BCUT2D eigenvalue weighted by Gasteiger charge is 2.17. The molecule has 2 rings (SSSR count). The maximum atomic E-state index is 11.0. The van der Waals surface area contributed by atoms with Gasteiger partial charge in [0.25, 0.3) is 0 Å². The number of nitrogens with zero attached hydrogens (tertiary/aromatic N) is 3. The number of rotatable bonds is 3. The zero-order valence-corrected chi connectivity index (χ0v) is 11.2. The van der Waals surface area contributed by atoms with E-state index in [1.54, 1.807) is 36.1 Å². The van der Waals surface area contributed by atoms with Crippen molar-refractivity contribution < 1.29 is 9.90 Å². The van der Waals surface area contributed by atoms with Crippen LogP contribution in [0.3, 0.4) is 0 Å². The van der Waals surface area contributed by atoms with Gasteiger partial charge in [-0.15, -0.1) is 11.3 Å². The fourth-order valence-corrected chi connectivity index (χ4v) is 2.48. The van der Waals surface area contributed by atoms with Gasteiger partial charge in [-0.2, -0.15) is 5.26 Å². The van der Waals surface area contributed by atoms with E-state index in [0.717, 1.165) is 5.69 Å². The molecule has 0 atom stereocenters. The summed E-state index contributed by atoms with van der Waals surface area (Å²) in [7, 11) is 1.81. The number of aromatic carboxylic acids is 1. The van der Waals surface area contributed by atoms with Gasteiger partial charge < -0.3 is 10.0 Å². The van der Waals surface area contributed by atoms with Crippen LogP contribution >= 0.6 is 11.3 Å². The Hall–Kier alpha value is -2.39. The van der Waals surface area contributed by atoms with Gasteiger partial charge in [-0.1, -0.05) is 0 Å². The van der Waals surface area contributed by atoms with Gasteiger partial charge in [0.05, 0.1) is 11.6 Å². The zero-order chi connectivity index (χ0) is 14.0. The van der Waals surface area contributed by atoms with Crippen molar-refractivity contribution in [1.82, 2.24) is 4.98 Å². The summed E-state index contributed by atoms with van der Waals surface area (Å²) in [6.45, 7) is 1.73. The van der Waals surface area contributed by atoms with Crippen molar-refractivity contribution in [2.75, 3.05) is 11.9 Å². The maximum absolute atomic E-state index is 11.0. The molecular formula is C13H11N3O2S. The molecule has 0 amide bonds. The van der Waals surface area contributed by atoms with E-state index in [1.165, 1.54) is 11.3 Å². The summed E-state index contributed by atoms with van der Waals surface area (Å²) in [5, 5.41) is 18.3. The molecule has 0 saturated heterocycles. The van der Waals surface area contributed by atoms with Crippen LogP contribution in [0.1, 0.15) is 20.9 Å².